The first-order chi connectivity index (χ1) is 13.5. The van der Waals surface area contributed by atoms with Gasteiger partial charge in [-0.3, -0.25) is 9.59 Å². The minimum atomic E-state index is -0.310. The maximum absolute atomic E-state index is 12.4. The zero-order chi connectivity index (χ0) is 20.1. The van der Waals surface area contributed by atoms with E-state index in [9.17, 15) is 9.59 Å². The molecule has 3 rings (SSSR count). The molecule has 9 heteroatoms. The molecule has 0 saturated carbocycles. The molecule has 0 radical (unpaired) electrons. The molecular weight excluding hydrogens is 378 g/mol. The van der Waals surface area contributed by atoms with Crippen molar-refractivity contribution in [2.45, 2.75) is 27.3 Å². The molecule has 0 spiro atoms. The Labute approximate surface area is 166 Å². The maximum atomic E-state index is 12.4. The summed E-state index contributed by atoms with van der Waals surface area (Å²) >= 11 is 1.53. The molecule has 0 fully saturated rings. The van der Waals surface area contributed by atoms with Gasteiger partial charge >= 0.3 is 0 Å². The first-order valence-electron chi connectivity index (χ1n) is 8.88. The molecule has 28 heavy (non-hydrogen) atoms. The third-order valence-electron chi connectivity index (χ3n) is 3.91. The van der Waals surface area contributed by atoms with Crippen molar-refractivity contribution in [3.8, 4) is 16.5 Å². The summed E-state index contributed by atoms with van der Waals surface area (Å²) < 4.78 is 6.72. The van der Waals surface area contributed by atoms with Crippen LogP contribution in [0.4, 0.5) is 0 Å². The number of carbonyl (C=O) groups is 1. The fourth-order valence-electron chi connectivity index (χ4n) is 2.69. The van der Waals surface area contributed by atoms with Gasteiger partial charge in [-0.2, -0.15) is 5.10 Å². The second-order valence-electron chi connectivity index (χ2n) is 5.97. The summed E-state index contributed by atoms with van der Waals surface area (Å²) in [6.45, 7) is 6.59. The summed E-state index contributed by atoms with van der Waals surface area (Å²) in [5.41, 5.74) is 1.70. The second-order valence-corrected chi connectivity index (χ2v) is 7.18. The lowest BCUT2D eigenvalue weighted by Gasteiger charge is -2.10. The predicted molar refractivity (Wildman–Crippen MR) is 107 cm³/mol. The number of pyridine rings is 1. The molecule has 1 amide bonds. The summed E-state index contributed by atoms with van der Waals surface area (Å²) in [6, 6.07) is 6.49. The maximum Gasteiger partial charge on any atom is 0.266 e. The van der Waals surface area contributed by atoms with E-state index in [2.05, 4.69) is 20.4 Å². The quantitative estimate of drug-likeness (QED) is 0.654. The number of rotatable bonds is 7. The van der Waals surface area contributed by atoms with Gasteiger partial charge in [-0.15, -0.1) is 11.3 Å². The van der Waals surface area contributed by atoms with Crippen molar-refractivity contribution < 1.29 is 9.53 Å². The average molecular weight is 399 g/mol. The van der Waals surface area contributed by atoms with Crippen molar-refractivity contribution >= 4 is 17.2 Å². The lowest BCUT2D eigenvalue weighted by atomic mass is 10.2. The van der Waals surface area contributed by atoms with Gasteiger partial charge in [0.15, 0.2) is 0 Å². The number of nitrogens with zero attached hydrogens (tertiary/aromatic N) is 4. The van der Waals surface area contributed by atoms with E-state index in [4.69, 9.17) is 4.74 Å². The van der Waals surface area contributed by atoms with Crippen LogP contribution in [0.1, 0.15) is 28.0 Å². The molecule has 0 aliphatic rings. The summed E-state index contributed by atoms with van der Waals surface area (Å²) in [5.74, 6) is -0.0227. The van der Waals surface area contributed by atoms with E-state index in [-0.39, 0.29) is 30.4 Å². The van der Waals surface area contributed by atoms with Gasteiger partial charge in [-0.05, 0) is 39.0 Å². The van der Waals surface area contributed by atoms with E-state index in [1.54, 1.807) is 24.4 Å². The molecule has 3 aromatic rings. The highest BCUT2D eigenvalue weighted by molar-refractivity contribution is 7.15. The number of carbonyl (C=O) groups excluding carboxylic acids is 1. The molecule has 3 aromatic heterocycles. The molecule has 0 aromatic carbocycles. The molecule has 0 aliphatic carbocycles. The van der Waals surface area contributed by atoms with Gasteiger partial charge in [0, 0.05) is 18.8 Å². The van der Waals surface area contributed by atoms with Gasteiger partial charge in [0.2, 0.25) is 5.88 Å². The van der Waals surface area contributed by atoms with Crippen LogP contribution in [0, 0.1) is 13.8 Å². The second kappa shape index (κ2) is 8.75. The lowest BCUT2D eigenvalue weighted by Crippen LogP contribution is -2.32. The van der Waals surface area contributed by atoms with Gasteiger partial charge < -0.3 is 10.1 Å². The average Bonchev–Trinajstić information content (AvgIpc) is 3.02. The summed E-state index contributed by atoms with van der Waals surface area (Å²) in [7, 11) is 0. The Morgan fingerprint density at radius 2 is 2.11 bits per heavy atom. The highest BCUT2D eigenvalue weighted by Gasteiger charge is 2.14. The molecular formula is C19H21N5O3S. The van der Waals surface area contributed by atoms with Crippen LogP contribution in [0.5, 0.6) is 5.88 Å². The zero-order valence-electron chi connectivity index (χ0n) is 15.9. The van der Waals surface area contributed by atoms with Gasteiger partial charge in [0.05, 0.1) is 28.7 Å². The number of amides is 1. The Hall–Kier alpha value is -3.07. The lowest BCUT2D eigenvalue weighted by molar-refractivity contribution is 0.0947. The van der Waals surface area contributed by atoms with Crippen molar-refractivity contribution in [3.63, 3.8) is 0 Å². The van der Waals surface area contributed by atoms with E-state index in [0.717, 1.165) is 15.6 Å². The summed E-state index contributed by atoms with van der Waals surface area (Å²) in [6.07, 6.45) is 1.57. The number of thiazole rings is 1. The largest absolute Gasteiger partial charge is 0.477 e. The highest BCUT2D eigenvalue weighted by Crippen LogP contribution is 2.27. The van der Waals surface area contributed by atoms with Gasteiger partial charge in [0.25, 0.3) is 11.5 Å². The van der Waals surface area contributed by atoms with Crippen LogP contribution in [0.3, 0.4) is 0 Å². The third-order valence-corrected chi connectivity index (χ3v) is 5.00. The molecule has 8 nitrogen and oxygen atoms in total. The molecule has 0 unspecified atom stereocenters. The zero-order valence-corrected chi connectivity index (χ0v) is 16.7. The fraction of sp³-hybridized carbons (Fsp3) is 0.316. The standard InChI is InChI=1S/C19H21N5O3S/c1-4-27-19-14(6-5-9-21-19)18(26)20-10-11-24-16(25)8-7-15(23-24)17-12(2)22-13(3)28-17/h5-9H,4,10-11H2,1-3H3,(H,20,26). The third kappa shape index (κ3) is 4.42. The van der Waals surface area contributed by atoms with E-state index < -0.39 is 0 Å². The number of ether oxygens (including phenoxy) is 1. The number of aromatic nitrogens is 4. The van der Waals surface area contributed by atoms with Crippen molar-refractivity contribution in [1.29, 1.82) is 0 Å². The van der Waals surface area contributed by atoms with Gasteiger partial charge in [0.1, 0.15) is 11.3 Å². The highest BCUT2D eigenvalue weighted by atomic mass is 32.1. The monoisotopic (exact) mass is 399 g/mol. The van der Waals surface area contributed by atoms with E-state index >= 15 is 0 Å². The Kier molecular flexibility index (Phi) is 6.15. The Bertz CT molecular complexity index is 1040. The fourth-order valence-corrected chi connectivity index (χ4v) is 3.57. The van der Waals surface area contributed by atoms with E-state index in [1.165, 1.54) is 22.1 Å². The van der Waals surface area contributed by atoms with Crippen LogP contribution in [-0.2, 0) is 6.54 Å². The molecule has 146 valence electrons. The Morgan fingerprint density at radius 3 is 2.82 bits per heavy atom. The normalized spacial score (nSPS) is 10.7. The molecule has 1 N–H and O–H groups in total. The van der Waals surface area contributed by atoms with Crippen molar-refractivity contribution in [2.75, 3.05) is 13.2 Å². The van der Waals surface area contributed by atoms with Crippen LogP contribution < -0.4 is 15.6 Å². The summed E-state index contributed by atoms with van der Waals surface area (Å²) in [5, 5.41) is 8.14. The van der Waals surface area contributed by atoms with E-state index in [1.807, 2.05) is 20.8 Å². The van der Waals surface area contributed by atoms with Crippen LogP contribution in [0.15, 0.2) is 35.3 Å². The van der Waals surface area contributed by atoms with Crippen molar-refractivity contribution in [3.05, 3.63) is 57.1 Å². The van der Waals surface area contributed by atoms with Gasteiger partial charge in [-0.25, -0.2) is 14.6 Å². The molecule has 0 saturated heterocycles. The minimum absolute atomic E-state index is 0.228. The van der Waals surface area contributed by atoms with Crippen LogP contribution >= 0.6 is 11.3 Å². The van der Waals surface area contributed by atoms with Crippen molar-refractivity contribution in [1.82, 2.24) is 25.1 Å². The molecule has 0 bridgehead atoms. The number of nitrogens with one attached hydrogen (secondary N) is 1. The van der Waals surface area contributed by atoms with Gasteiger partial charge in [-0.1, -0.05) is 0 Å². The number of hydrogen-bond acceptors (Lipinski definition) is 7. The predicted octanol–water partition coefficient (Wildman–Crippen LogP) is 2.21. The molecule has 3 heterocycles. The van der Waals surface area contributed by atoms with Crippen LogP contribution in [0.2, 0.25) is 0 Å². The SMILES string of the molecule is CCOc1ncccc1C(=O)NCCn1nc(-c2sc(C)nc2C)ccc1=O. The first kappa shape index (κ1) is 19.7. The molecule has 0 atom stereocenters. The minimum Gasteiger partial charge on any atom is -0.477 e. The van der Waals surface area contributed by atoms with Crippen LogP contribution in [0.25, 0.3) is 10.6 Å². The summed E-state index contributed by atoms with van der Waals surface area (Å²) in [4.78, 5) is 33.9. The van der Waals surface area contributed by atoms with E-state index in [0.29, 0.717) is 17.9 Å². The number of aryl methyl sites for hydroxylation is 2. The molecule has 0 aliphatic heterocycles. The topological polar surface area (TPSA) is 99.0 Å². The first-order valence-corrected chi connectivity index (χ1v) is 9.69. The Balaban J connectivity index is 1.70. The Morgan fingerprint density at radius 1 is 1.29 bits per heavy atom. The number of hydrogen-bond donors (Lipinski definition) is 1. The van der Waals surface area contributed by atoms with Crippen LogP contribution in [-0.4, -0.2) is 38.8 Å². The van der Waals surface area contributed by atoms with Crippen molar-refractivity contribution in [2.24, 2.45) is 0 Å². The smallest absolute Gasteiger partial charge is 0.266 e.